The van der Waals surface area contributed by atoms with E-state index in [0.29, 0.717) is 22.4 Å². The van der Waals surface area contributed by atoms with E-state index in [1.807, 2.05) is 0 Å². The van der Waals surface area contributed by atoms with Crippen molar-refractivity contribution in [3.8, 4) is 0 Å². The molecule has 1 aliphatic rings. The van der Waals surface area contributed by atoms with Crippen molar-refractivity contribution in [1.29, 1.82) is 0 Å². The zero-order valence-electron chi connectivity index (χ0n) is 16.5. The van der Waals surface area contributed by atoms with Crippen LogP contribution in [0.1, 0.15) is 37.3 Å². The summed E-state index contributed by atoms with van der Waals surface area (Å²) in [5, 5.41) is 7.51. The van der Waals surface area contributed by atoms with Crippen molar-refractivity contribution >= 4 is 34.8 Å². The Morgan fingerprint density at radius 2 is 2.04 bits per heavy atom. The van der Waals surface area contributed by atoms with Gasteiger partial charge in [-0.1, -0.05) is 41.2 Å². The highest BCUT2D eigenvalue weighted by molar-refractivity contribution is 7.73. The number of benzene rings is 1. The van der Waals surface area contributed by atoms with Gasteiger partial charge in [-0.05, 0) is 63.2 Å². The SMILES string of the molecule is CCOC(=O)Nc1nn(CN2CCC(CCc3ccc(C)cc3)CC2)c(=S)s1. The maximum atomic E-state index is 11.5. The van der Waals surface area contributed by atoms with Crippen LogP contribution in [-0.2, 0) is 17.8 Å². The Labute approximate surface area is 175 Å². The summed E-state index contributed by atoms with van der Waals surface area (Å²) in [4.78, 5) is 13.9. The van der Waals surface area contributed by atoms with Crippen LogP contribution in [0.2, 0.25) is 0 Å². The predicted molar refractivity (Wildman–Crippen MR) is 115 cm³/mol. The van der Waals surface area contributed by atoms with Gasteiger partial charge in [-0.15, -0.1) is 5.10 Å². The van der Waals surface area contributed by atoms with Crippen molar-refractivity contribution in [2.24, 2.45) is 5.92 Å². The number of aryl methyl sites for hydroxylation is 2. The zero-order valence-corrected chi connectivity index (χ0v) is 18.2. The molecular weight excluding hydrogens is 392 g/mol. The Kier molecular flexibility index (Phi) is 7.58. The molecule has 1 amide bonds. The molecule has 152 valence electrons. The molecule has 1 saturated heterocycles. The number of rotatable bonds is 7. The van der Waals surface area contributed by atoms with Crippen molar-refractivity contribution in [2.45, 2.75) is 46.2 Å². The van der Waals surface area contributed by atoms with Crippen molar-refractivity contribution in [3.05, 3.63) is 39.3 Å². The van der Waals surface area contributed by atoms with E-state index in [9.17, 15) is 4.79 Å². The minimum atomic E-state index is -0.493. The van der Waals surface area contributed by atoms with Crippen LogP contribution in [0.3, 0.4) is 0 Å². The molecule has 1 fully saturated rings. The molecule has 0 saturated carbocycles. The van der Waals surface area contributed by atoms with Crippen molar-refractivity contribution in [3.63, 3.8) is 0 Å². The standard InChI is InChI=1S/C20H28N4O2S2/c1-3-26-19(25)21-18-22-24(20(27)28-18)14-23-12-10-17(11-13-23)9-8-16-6-4-15(2)5-7-16/h4-7,17H,3,8-14H2,1-2H3,(H,21,22,25). The van der Waals surface area contributed by atoms with E-state index in [-0.39, 0.29) is 0 Å². The Balaban J connectivity index is 1.44. The summed E-state index contributed by atoms with van der Waals surface area (Å²) in [5.74, 6) is 0.780. The average molecular weight is 421 g/mol. The molecule has 0 bridgehead atoms. The third-order valence-electron chi connectivity index (χ3n) is 5.09. The number of amides is 1. The van der Waals surface area contributed by atoms with E-state index in [1.54, 1.807) is 11.6 Å². The largest absolute Gasteiger partial charge is 0.450 e. The fourth-order valence-electron chi connectivity index (χ4n) is 3.43. The second-order valence-corrected chi connectivity index (χ2v) is 8.87. The number of piperidine rings is 1. The van der Waals surface area contributed by atoms with Gasteiger partial charge in [0.05, 0.1) is 13.3 Å². The highest BCUT2D eigenvalue weighted by atomic mass is 32.1. The van der Waals surface area contributed by atoms with Gasteiger partial charge >= 0.3 is 6.09 Å². The van der Waals surface area contributed by atoms with Crippen LogP contribution in [0.25, 0.3) is 0 Å². The van der Waals surface area contributed by atoms with Crippen LogP contribution in [0.15, 0.2) is 24.3 Å². The number of likely N-dealkylation sites (tertiary alicyclic amines) is 1. The Morgan fingerprint density at radius 3 is 2.71 bits per heavy atom. The molecule has 3 rings (SSSR count). The zero-order chi connectivity index (χ0) is 19.9. The van der Waals surface area contributed by atoms with Crippen LogP contribution in [0.5, 0.6) is 0 Å². The van der Waals surface area contributed by atoms with E-state index in [0.717, 1.165) is 25.4 Å². The summed E-state index contributed by atoms with van der Waals surface area (Å²) < 4.78 is 7.33. The highest BCUT2D eigenvalue weighted by Gasteiger charge is 2.20. The van der Waals surface area contributed by atoms with Crippen molar-refractivity contribution in [1.82, 2.24) is 14.7 Å². The Morgan fingerprint density at radius 1 is 1.32 bits per heavy atom. The summed E-state index contributed by atoms with van der Waals surface area (Å²) in [6.45, 7) is 7.01. The van der Waals surface area contributed by atoms with Gasteiger partial charge < -0.3 is 4.74 Å². The third-order valence-corrected chi connectivity index (χ3v) is 6.32. The van der Waals surface area contributed by atoms with Gasteiger partial charge in [-0.2, -0.15) is 0 Å². The lowest BCUT2D eigenvalue weighted by Crippen LogP contribution is -2.35. The van der Waals surface area contributed by atoms with E-state index in [1.165, 1.54) is 41.7 Å². The molecule has 1 aromatic heterocycles. The summed E-state index contributed by atoms with van der Waals surface area (Å²) >= 11 is 6.68. The lowest BCUT2D eigenvalue weighted by atomic mass is 9.90. The van der Waals surface area contributed by atoms with E-state index >= 15 is 0 Å². The summed E-state index contributed by atoms with van der Waals surface area (Å²) in [6, 6.07) is 8.88. The molecule has 6 nitrogen and oxygen atoms in total. The molecule has 1 N–H and O–H groups in total. The predicted octanol–water partition coefficient (Wildman–Crippen LogP) is 4.85. The molecule has 28 heavy (non-hydrogen) atoms. The topological polar surface area (TPSA) is 59.4 Å². The number of carbonyl (C=O) groups excluding carboxylic acids is 1. The minimum Gasteiger partial charge on any atom is -0.450 e. The maximum Gasteiger partial charge on any atom is 0.413 e. The molecular formula is C20H28N4O2S2. The molecule has 0 atom stereocenters. The smallest absolute Gasteiger partial charge is 0.413 e. The molecule has 0 aliphatic carbocycles. The van der Waals surface area contributed by atoms with Gasteiger partial charge in [-0.3, -0.25) is 10.2 Å². The van der Waals surface area contributed by atoms with Crippen LogP contribution >= 0.6 is 23.6 Å². The first-order chi connectivity index (χ1) is 13.5. The number of carbonyl (C=O) groups is 1. The number of hydrogen-bond acceptors (Lipinski definition) is 6. The number of nitrogens with zero attached hydrogens (tertiary/aromatic N) is 3. The fourth-order valence-corrected chi connectivity index (χ4v) is 4.41. The van der Waals surface area contributed by atoms with Crippen LogP contribution in [0.4, 0.5) is 9.93 Å². The van der Waals surface area contributed by atoms with Gasteiger partial charge in [0, 0.05) is 13.1 Å². The van der Waals surface area contributed by atoms with Crippen LogP contribution in [0, 0.1) is 16.8 Å². The van der Waals surface area contributed by atoms with Gasteiger partial charge in [0.15, 0.2) is 3.95 Å². The van der Waals surface area contributed by atoms with Crippen molar-refractivity contribution < 1.29 is 9.53 Å². The van der Waals surface area contributed by atoms with Gasteiger partial charge in [0.1, 0.15) is 0 Å². The van der Waals surface area contributed by atoms with E-state index in [4.69, 9.17) is 17.0 Å². The monoisotopic (exact) mass is 420 g/mol. The molecule has 2 heterocycles. The molecule has 2 aromatic rings. The van der Waals surface area contributed by atoms with Crippen LogP contribution < -0.4 is 5.32 Å². The first kappa shape index (κ1) is 21.0. The number of anilines is 1. The van der Waals surface area contributed by atoms with Crippen LogP contribution in [-0.4, -0.2) is 40.5 Å². The quantitative estimate of drug-likeness (QED) is 0.649. The molecule has 1 aromatic carbocycles. The molecule has 0 radical (unpaired) electrons. The first-order valence-corrected chi connectivity index (χ1v) is 11.1. The minimum absolute atomic E-state index is 0.330. The number of hydrogen-bond donors (Lipinski definition) is 1. The number of ether oxygens (including phenoxy) is 1. The first-order valence-electron chi connectivity index (χ1n) is 9.83. The molecule has 8 heteroatoms. The fraction of sp³-hybridized carbons (Fsp3) is 0.550. The lowest BCUT2D eigenvalue weighted by Gasteiger charge is -2.31. The van der Waals surface area contributed by atoms with Gasteiger partial charge in [0.2, 0.25) is 5.13 Å². The molecule has 0 spiro atoms. The summed E-state index contributed by atoms with van der Waals surface area (Å²) in [7, 11) is 0. The molecule has 1 aliphatic heterocycles. The average Bonchev–Trinajstić information content (AvgIpc) is 3.01. The van der Waals surface area contributed by atoms with Gasteiger partial charge in [-0.25, -0.2) is 9.48 Å². The Hall–Kier alpha value is -1.77. The number of aromatic nitrogens is 2. The Bertz CT molecular complexity index is 823. The molecule has 0 unspecified atom stereocenters. The highest BCUT2D eigenvalue weighted by Crippen LogP contribution is 2.23. The summed E-state index contributed by atoms with van der Waals surface area (Å²) in [6.07, 6.45) is 4.33. The second kappa shape index (κ2) is 10.1. The normalized spacial score (nSPS) is 15.5. The van der Waals surface area contributed by atoms with Crippen molar-refractivity contribution in [2.75, 3.05) is 25.0 Å². The van der Waals surface area contributed by atoms with E-state index in [2.05, 4.69) is 46.5 Å². The number of nitrogens with one attached hydrogen (secondary N) is 1. The second-order valence-electron chi connectivity index (χ2n) is 7.25. The summed E-state index contributed by atoms with van der Waals surface area (Å²) in [5.41, 5.74) is 2.75. The van der Waals surface area contributed by atoms with E-state index < -0.39 is 6.09 Å². The third kappa shape index (κ3) is 6.12. The lowest BCUT2D eigenvalue weighted by molar-refractivity contribution is 0.137. The van der Waals surface area contributed by atoms with Gasteiger partial charge in [0.25, 0.3) is 0 Å². The maximum absolute atomic E-state index is 11.5.